The Morgan fingerprint density at radius 2 is 1.92 bits per heavy atom. The van der Waals surface area contributed by atoms with Gasteiger partial charge in [-0.25, -0.2) is 4.79 Å². The number of fused-ring (bicyclic) bond motifs is 1. The van der Waals surface area contributed by atoms with Crippen molar-refractivity contribution >= 4 is 40.1 Å². The van der Waals surface area contributed by atoms with Crippen LogP contribution in [0.5, 0.6) is 0 Å². The molecule has 0 atom stereocenters. The van der Waals surface area contributed by atoms with E-state index in [1.165, 1.54) is 0 Å². The van der Waals surface area contributed by atoms with Crippen molar-refractivity contribution < 1.29 is 14.0 Å². The number of ketones is 1. The number of carbonyl (C=O) groups excluding carboxylic acids is 2. The van der Waals surface area contributed by atoms with Crippen molar-refractivity contribution in [3.63, 3.8) is 0 Å². The number of carbonyl (C=O) groups is 2. The number of Topliss-reactive ketones (excluding diaryl/α,β-unsaturated/α-hetero) is 1. The van der Waals surface area contributed by atoms with E-state index in [4.69, 9.17) is 16.0 Å². The number of H-pyrrole nitrogens is 1. The molecule has 0 spiro atoms. The van der Waals surface area contributed by atoms with Crippen molar-refractivity contribution in [2.75, 3.05) is 5.32 Å². The Kier molecular flexibility index (Phi) is 4.48. The van der Waals surface area contributed by atoms with Gasteiger partial charge in [0.1, 0.15) is 0 Å². The highest BCUT2D eigenvalue weighted by atomic mass is 35.5. The van der Waals surface area contributed by atoms with E-state index in [-0.39, 0.29) is 24.5 Å². The van der Waals surface area contributed by atoms with Crippen LogP contribution in [0.25, 0.3) is 11.1 Å². The van der Waals surface area contributed by atoms with E-state index in [0.717, 1.165) is 0 Å². The summed E-state index contributed by atoms with van der Waals surface area (Å²) in [4.78, 5) is 37.7. The maximum absolute atomic E-state index is 12.1. The van der Waals surface area contributed by atoms with E-state index in [1.807, 2.05) is 0 Å². The predicted molar refractivity (Wildman–Crippen MR) is 90.5 cm³/mol. The summed E-state index contributed by atoms with van der Waals surface area (Å²) in [6.07, 6.45) is 0.0796. The second-order valence-corrected chi connectivity index (χ2v) is 5.58. The number of anilines is 1. The molecule has 2 aromatic carbocycles. The van der Waals surface area contributed by atoms with Gasteiger partial charge >= 0.3 is 5.76 Å². The zero-order chi connectivity index (χ0) is 17.1. The largest absolute Gasteiger partial charge is 0.417 e. The Labute approximate surface area is 141 Å². The molecule has 0 saturated carbocycles. The van der Waals surface area contributed by atoms with Gasteiger partial charge in [0.05, 0.1) is 10.5 Å². The Morgan fingerprint density at radius 1 is 1.12 bits per heavy atom. The molecular weight excluding hydrogens is 332 g/mol. The van der Waals surface area contributed by atoms with Crippen LogP contribution in [0, 0.1) is 0 Å². The quantitative estimate of drug-likeness (QED) is 0.694. The van der Waals surface area contributed by atoms with Crippen LogP contribution in [0.15, 0.2) is 51.7 Å². The standard InChI is InChI=1S/C17H13ClN2O4/c18-12-4-2-1-3-11(12)14(21)7-8-16(22)19-10-5-6-13-15(9-10)24-17(23)20-13/h1-6,9H,7-8H2,(H,19,22)(H,20,23). The van der Waals surface area contributed by atoms with Crippen molar-refractivity contribution in [2.24, 2.45) is 0 Å². The second kappa shape index (κ2) is 6.72. The van der Waals surface area contributed by atoms with Crippen LogP contribution >= 0.6 is 11.6 Å². The molecule has 3 aromatic rings. The van der Waals surface area contributed by atoms with Gasteiger partial charge in [0.15, 0.2) is 11.4 Å². The average Bonchev–Trinajstić information content (AvgIpc) is 2.92. The first kappa shape index (κ1) is 16.0. The molecule has 24 heavy (non-hydrogen) atoms. The number of nitrogens with one attached hydrogen (secondary N) is 2. The third kappa shape index (κ3) is 3.55. The van der Waals surface area contributed by atoms with E-state index < -0.39 is 5.76 Å². The zero-order valence-corrected chi connectivity index (χ0v) is 13.2. The molecule has 1 aromatic heterocycles. The second-order valence-electron chi connectivity index (χ2n) is 5.18. The van der Waals surface area contributed by atoms with Gasteiger partial charge in [0.25, 0.3) is 0 Å². The van der Waals surface area contributed by atoms with Crippen molar-refractivity contribution in [1.82, 2.24) is 4.98 Å². The van der Waals surface area contributed by atoms with Crippen LogP contribution in [-0.2, 0) is 4.79 Å². The topological polar surface area (TPSA) is 92.2 Å². The lowest BCUT2D eigenvalue weighted by atomic mass is 10.1. The monoisotopic (exact) mass is 344 g/mol. The van der Waals surface area contributed by atoms with Gasteiger partial charge in [-0.15, -0.1) is 0 Å². The minimum Gasteiger partial charge on any atom is -0.408 e. The summed E-state index contributed by atoms with van der Waals surface area (Å²) in [5.41, 5.74) is 1.79. The summed E-state index contributed by atoms with van der Waals surface area (Å²) in [5, 5.41) is 3.04. The molecule has 0 aliphatic heterocycles. The van der Waals surface area contributed by atoms with Crippen molar-refractivity contribution in [2.45, 2.75) is 12.8 Å². The molecular formula is C17H13ClN2O4. The van der Waals surface area contributed by atoms with Gasteiger partial charge < -0.3 is 9.73 Å². The van der Waals surface area contributed by atoms with Crippen LogP contribution in [0.1, 0.15) is 23.2 Å². The Bertz CT molecular complexity index is 974. The molecule has 7 heteroatoms. The number of hydrogen-bond acceptors (Lipinski definition) is 4. The summed E-state index contributed by atoms with van der Waals surface area (Å²) in [5.74, 6) is -1.06. The fourth-order valence-corrected chi connectivity index (χ4v) is 2.54. The van der Waals surface area contributed by atoms with Gasteiger partial charge in [-0.1, -0.05) is 23.7 Å². The first-order valence-electron chi connectivity index (χ1n) is 7.23. The molecule has 1 amide bonds. The average molecular weight is 345 g/mol. The minimum absolute atomic E-state index is 0.0270. The van der Waals surface area contributed by atoms with Gasteiger partial charge in [0.2, 0.25) is 5.91 Å². The lowest BCUT2D eigenvalue weighted by molar-refractivity contribution is -0.116. The number of aromatic nitrogens is 1. The third-order valence-corrected chi connectivity index (χ3v) is 3.79. The molecule has 0 bridgehead atoms. The molecule has 1 heterocycles. The Balaban J connectivity index is 1.61. The SMILES string of the molecule is O=C(CCC(=O)c1ccccc1Cl)Nc1ccc2[nH]c(=O)oc2c1. The van der Waals surface area contributed by atoms with E-state index in [9.17, 15) is 14.4 Å². The maximum Gasteiger partial charge on any atom is 0.417 e. The van der Waals surface area contributed by atoms with Crippen LogP contribution in [0.4, 0.5) is 5.69 Å². The summed E-state index contributed by atoms with van der Waals surface area (Å²) in [6.45, 7) is 0. The van der Waals surface area contributed by atoms with Gasteiger partial charge in [-0.3, -0.25) is 14.6 Å². The summed E-state index contributed by atoms with van der Waals surface area (Å²) in [7, 11) is 0. The predicted octanol–water partition coefficient (Wildman–Crippen LogP) is 3.38. The molecule has 0 aliphatic rings. The molecule has 0 saturated heterocycles. The number of hydrogen-bond donors (Lipinski definition) is 2. The summed E-state index contributed by atoms with van der Waals surface area (Å²) >= 11 is 5.96. The Morgan fingerprint density at radius 3 is 2.71 bits per heavy atom. The lowest BCUT2D eigenvalue weighted by Crippen LogP contribution is -2.13. The van der Waals surface area contributed by atoms with Gasteiger partial charge in [-0.05, 0) is 24.3 Å². The highest BCUT2D eigenvalue weighted by Gasteiger charge is 2.12. The van der Waals surface area contributed by atoms with Gasteiger partial charge in [0, 0.05) is 30.2 Å². The number of aromatic amines is 1. The molecule has 0 radical (unpaired) electrons. The van der Waals surface area contributed by atoms with Crippen molar-refractivity contribution in [3.05, 3.63) is 63.6 Å². The summed E-state index contributed by atoms with van der Waals surface area (Å²) < 4.78 is 4.93. The molecule has 122 valence electrons. The normalized spacial score (nSPS) is 10.7. The van der Waals surface area contributed by atoms with Crippen molar-refractivity contribution in [3.8, 4) is 0 Å². The third-order valence-electron chi connectivity index (χ3n) is 3.46. The zero-order valence-electron chi connectivity index (χ0n) is 12.5. The van der Waals surface area contributed by atoms with E-state index in [2.05, 4.69) is 10.3 Å². The number of halogens is 1. The lowest BCUT2D eigenvalue weighted by Gasteiger charge is -2.05. The molecule has 0 unspecified atom stereocenters. The first-order chi connectivity index (χ1) is 11.5. The number of amides is 1. The highest BCUT2D eigenvalue weighted by molar-refractivity contribution is 6.34. The summed E-state index contributed by atoms with van der Waals surface area (Å²) in [6, 6.07) is 11.5. The van der Waals surface area contributed by atoms with E-state index in [1.54, 1.807) is 42.5 Å². The molecule has 6 nitrogen and oxygen atoms in total. The van der Waals surface area contributed by atoms with Crippen LogP contribution in [0.3, 0.4) is 0 Å². The van der Waals surface area contributed by atoms with Crippen LogP contribution in [-0.4, -0.2) is 16.7 Å². The highest BCUT2D eigenvalue weighted by Crippen LogP contribution is 2.19. The number of oxazole rings is 1. The molecule has 0 aliphatic carbocycles. The fourth-order valence-electron chi connectivity index (χ4n) is 2.30. The molecule has 0 fully saturated rings. The molecule has 3 rings (SSSR count). The smallest absolute Gasteiger partial charge is 0.408 e. The van der Waals surface area contributed by atoms with Crippen molar-refractivity contribution in [1.29, 1.82) is 0 Å². The number of benzene rings is 2. The van der Waals surface area contributed by atoms with E-state index in [0.29, 0.717) is 27.4 Å². The molecule has 2 N–H and O–H groups in total. The fraction of sp³-hybridized carbons (Fsp3) is 0.118. The Hall–Kier alpha value is -2.86. The minimum atomic E-state index is -0.557. The van der Waals surface area contributed by atoms with Crippen LogP contribution in [0.2, 0.25) is 5.02 Å². The maximum atomic E-state index is 12.1. The van der Waals surface area contributed by atoms with E-state index >= 15 is 0 Å². The first-order valence-corrected chi connectivity index (χ1v) is 7.61. The number of rotatable bonds is 5. The van der Waals surface area contributed by atoms with Gasteiger partial charge in [-0.2, -0.15) is 0 Å². The van der Waals surface area contributed by atoms with Crippen LogP contribution < -0.4 is 11.1 Å².